The highest BCUT2D eigenvalue weighted by Gasteiger charge is 2.33. The average Bonchev–Trinajstić information content (AvgIpc) is 3.80. The number of hydrogen-bond acceptors (Lipinski definition) is 15. The van der Waals surface area contributed by atoms with Crippen molar-refractivity contribution < 1.29 is 61.8 Å². The Hall–Kier alpha value is -5.08. The molecule has 15 heteroatoms. The summed E-state index contributed by atoms with van der Waals surface area (Å²) in [5, 5.41) is 0. The summed E-state index contributed by atoms with van der Waals surface area (Å²) >= 11 is 0. The lowest BCUT2D eigenvalue weighted by molar-refractivity contribution is 0.113. The highest BCUT2D eigenvalue weighted by atomic mass is 16.8. The molecule has 4 fully saturated rings. The van der Waals surface area contributed by atoms with Crippen LogP contribution < -0.4 is 14.5 Å². The molecular formula is C28H28N2O13. The number of cyclic esters (lactones) is 8. The first-order chi connectivity index (χ1) is 20.9. The van der Waals surface area contributed by atoms with Gasteiger partial charge in [-0.2, -0.15) is 0 Å². The molecule has 15 nitrogen and oxygen atoms in total. The predicted octanol–water partition coefficient (Wildman–Crippen LogP) is 3.23. The second-order valence-corrected chi connectivity index (χ2v) is 10.1. The summed E-state index contributed by atoms with van der Waals surface area (Å²) in [5.74, 6) is 1.15. The van der Waals surface area contributed by atoms with Crippen molar-refractivity contribution in [2.45, 2.75) is 24.4 Å². The van der Waals surface area contributed by atoms with Crippen LogP contribution in [0.2, 0.25) is 0 Å². The topological polar surface area (TPSA) is 158 Å². The molecule has 0 amide bonds. The van der Waals surface area contributed by atoms with Crippen molar-refractivity contribution in [1.82, 2.24) is 0 Å². The molecule has 0 aliphatic carbocycles. The molecule has 4 saturated heterocycles. The molecule has 0 N–H and O–H groups in total. The van der Waals surface area contributed by atoms with Crippen LogP contribution in [0.25, 0.3) is 0 Å². The molecule has 4 unspecified atom stereocenters. The number of nitrogens with zero attached hydrogens (tertiary/aromatic N) is 2. The fraction of sp³-hybridized carbons (Fsp3) is 0.429. The van der Waals surface area contributed by atoms with Crippen molar-refractivity contribution >= 4 is 36.0 Å². The third-order valence-corrected chi connectivity index (χ3v) is 6.94. The minimum Gasteiger partial charge on any atom is -0.457 e. The van der Waals surface area contributed by atoms with Gasteiger partial charge in [0.1, 0.15) is 37.9 Å². The van der Waals surface area contributed by atoms with Crippen LogP contribution >= 0.6 is 0 Å². The zero-order valence-corrected chi connectivity index (χ0v) is 22.8. The first-order valence-corrected chi connectivity index (χ1v) is 13.6. The van der Waals surface area contributed by atoms with Crippen LogP contribution in [0.15, 0.2) is 48.5 Å². The Kier molecular flexibility index (Phi) is 8.11. The van der Waals surface area contributed by atoms with Gasteiger partial charge in [0.15, 0.2) is 24.4 Å². The zero-order valence-electron chi connectivity index (χ0n) is 22.8. The average molecular weight is 601 g/mol. The summed E-state index contributed by atoms with van der Waals surface area (Å²) in [5.41, 5.74) is 1.58. The Morgan fingerprint density at radius 3 is 1.00 bits per heavy atom. The summed E-state index contributed by atoms with van der Waals surface area (Å²) in [7, 11) is 0. The molecule has 0 saturated carbocycles. The smallest absolute Gasteiger partial charge is 0.457 e. The predicted molar refractivity (Wildman–Crippen MR) is 142 cm³/mol. The van der Waals surface area contributed by atoms with Gasteiger partial charge in [-0.1, -0.05) is 0 Å². The molecule has 0 radical (unpaired) electrons. The van der Waals surface area contributed by atoms with Gasteiger partial charge in [-0.05, 0) is 48.5 Å². The lowest BCUT2D eigenvalue weighted by Gasteiger charge is -2.28. The normalized spacial score (nSPS) is 24.1. The number of ether oxygens (including phenoxy) is 9. The van der Waals surface area contributed by atoms with E-state index in [1.807, 2.05) is 34.1 Å². The van der Waals surface area contributed by atoms with Gasteiger partial charge in [0.2, 0.25) is 0 Å². The summed E-state index contributed by atoms with van der Waals surface area (Å²) in [6.07, 6.45) is -4.75. The van der Waals surface area contributed by atoms with Crippen molar-refractivity contribution in [1.29, 1.82) is 0 Å². The van der Waals surface area contributed by atoms with Crippen molar-refractivity contribution in [3.63, 3.8) is 0 Å². The fourth-order valence-corrected chi connectivity index (χ4v) is 4.96. The van der Waals surface area contributed by atoms with Crippen LogP contribution in [-0.4, -0.2) is 102 Å². The number of benzene rings is 2. The second-order valence-electron chi connectivity index (χ2n) is 10.1. The van der Waals surface area contributed by atoms with E-state index in [1.165, 1.54) is 0 Å². The SMILES string of the molecule is O=C1OCC(CN(CC2COC(=O)O2)c2ccc(Oc3ccc(N(CC4COC(=O)O4)CC4COC(=O)O4)cc3)cc2)O1. The summed E-state index contributed by atoms with van der Waals surface area (Å²) in [4.78, 5) is 49.4. The highest BCUT2D eigenvalue weighted by Crippen LogP contribution is 2.28. The summed E-state index contributed by atoms with van der Waals surface area (Å²) in [6, 6.07) is 14.5. The van der Waals surface area contributed by atoms with Gasteiger partial charge in [0.05, 0.1) is 26.2 Å². The van der Waals surface area contributed by atoms with E-state index in [2.05, 4.69) is 0 Å². The molecule has 4 atom stereocenters. The minimum absolute atomic E-state index is 0.129. The van der Waals surface area contributed by atoms with E-state index >= 15 is 0 Å². The molecule has 2 aromatic carbocycles. The molecule has 2 aromatic rings. The monoisotopic (exact) mass is 600 g/mol. The number of carbonyl (C=O) groups is 4. The number of rotatable bonds is 12. The van der Waals surface area contributed by atoms with Gasteiger partial charge in [0.25, 0.3) is 0 Å². The molecule has 6 rings (SSSR count). The third-order valence-electron chi connectivity index (χ3n) is 6.94. The fourth-order valence-electron chi connectivity index (χ4n) is 4.96. The highest BCUT2D eigenvalue weighted by molar-refractivity contribution is 5.64. The standard InChI is InChI=1S/C28H28N2O13/c31-25-35-13-21(40-25)9-29(10-22-14-36-26(32)41-22)17-1-5-19(6-2-17)39-20-7-3-18(4-8-20)30(11-23-15-37-27(33)42-23)12-24-16-38-28(34)43-24/h1-8,21-24H,9-16H2. The Bertz CT molecular complexity index is 1180. The van der Waals surface area contributed by atoms with Crippen molar-refractivity contribution in [3.05, 3.63) is 48.5 Å². The van der Waals surface area contributed by atoms with Crippen molar-refractivity contribution in [2.24, 2.45) is 0 Å². The zero-order chi connectivity index (χ0) is 29.8. The van der Waals surface area contributed by atoms with Gasteiger partial charge < -0.3 is 52.4 Å². The first-order valence-electron chi connectivity index (χ1n) is 13.6. The Labute approximate surface area is 244 Å². The molecule has 4 aliphatic rings. The van der Waals surface area contributed by atoms with Crippen LogP contribution in [0, 0.1) is 0 Å². The van der Waals surface area contributed by atoms with Crippen molar-refractivity contribution in [3.8, 4) is 11.5 Å². The van der Waals surface area contributed by atoms with E-state index < -0.39 is 49.0 Å². The van der Waals surface area contributed by atoms with Gasteiger partial charge >= 0.3 is 24.6 Å². The van der Waals surface area contributed by atoms with Crippen molar-refractivity contribution in [2.75, 3.05) is 62.4 Å². The maximum absolute atomic E-state index is 11.4. The van der Waals surface area contributed by atoms with Crippen LogP contribution in [-0.2, 0) is 37.9 Å². The lowest BCUT2D eigenvalue weighted by Crippen LogP contribution is -2.39. The molecule has 4 aliphatic heterocycles. The van der Waals surface area contributed by atoms with Gasteiger partial charge in [-0.3, -0.25) is 0 Å². The van der Waals surface area contributed by atoms with Gasteiger partial charge in [-0.25, -0.2) is 19.2 Å². The van der Waals surface area contributed by atoms with Gasteiger partial charge in [-0.15, -0.1) is 0 Å². The molecule has 0 spiro atoms. The van der Waals surface area contributed by atoms with Crippen LogP contribution in [0.1, 0.15) is 0 Å². The number of anilines is 2. The molecular weight excluding hydrogens is 572 g/mol. The quantitative estimate of drug-likeness (QED) is 0.258. The largest absolute Gasteiger partial charge is 0.508 e. The van der Waals surface area contributed by atoms with E-state index in [0.717, 1.165) is 11.4 Å². The van der Waals surface area contributed by atoms with E-state index in [1.54, 1.807) is 24.3 Å². The Morgan fingerprint density at radius 1 is 0.488 bits per heavy atom. The maximum Gasteiger partial charge on any atom is 0.508 e. The Balaban J connectivity index is 1.10. The molecule has 228 valence electrons. The van der Waals surface area contributed by atoms with Crippen LogP contribution in [0.4, 0.5) is 30.6 Å². The number of carbonyl (C=O) groups excluding carboxylic acids is 4. The molecule has 43 heavy (non-hydrogen) atoms. The molecule has 4 heterocycles. The first kappa shape index (κ1) is 28.1. The lowest BCUT2D eigenvalue weighted by atomic mass is 10.2. The van der Waals surface area contributed by atoms with Crippen LogP contribution in [0.3, 0.4) is 0 Å². The summed E-state index contributed by atoms with van der Waals surface area (Å²) < 4.78 is 46.4. The second kappa shape index (κ2) is 12.4. The van der Waals surface area contributed by atoms with E-state index in [-0.39, 0.29) is 26.4 Å². The Morgan fingerprint density at radius 2 is 0.767 bits per heavy atom. The molecule has 0 bridgehead atoms. The van der Waals surface area contributed by atoms with E-state index in [0.29, 0.717) is 37.7 Å². The van der Waals surface area contributed by atoms with E-state index in [9.17, 15) is 19.2 Å². The third kappa shape index (κ3) is 7.23. The minimum atomic E-state index is -0.717. The maximum atomic E-state index is 11.4. The number of hydrogen-bond donors (Lipinski definition) is 0. The van der Waals surface area contributed by atoms with Crippen LogP contribution in [0.5, 0.6) is 11.5 Å². The van der Waals surface area contributed by atoms with E-state index in [4.69, 9.17) is 42.6 Å². The van der Waals surface area contributed by atoms with Gasteiger partial charge in [0, 0.05) is 11.4 Å². The summed E-state index contributed by atoms with van der Waals surface area (Å²) in [6.45, 7) is 1.83. The molecule has 0 aromatic heterocycles.